The second kappa shape index (κ2) is 12.1. The maximum absolute atomic E-state index is 13.7. The zero-order valence-electron chi connectivity index (χ0n) is 22.9. The van der Waals surface area contributed by atoms with E-state index in [9.17, 15) is 14.0 Å². The number of aromatic amines is 1. The average molecular weight is 564 g/mol. The molecule has 0 saturated carbocycles. The van der Waals surface area contributed by atoms with E-state index in [0.717, 1.165) is 27.8 Å². The van der Waals surface area contributed by atoms with Gasteiger partial charge in [0.2, 0.25) is 5.91 Å². The minimum atomic E-state index is -0.831. The Morgan fingerprint density at radius 3 is 2.55 bits per heavy atom. The number of nitrogens with zero attached hydrogens (tertiary/aromatic N) is 4. The molecule has 2 aromatic heterocycles. The van der Waals surface area contributed by atoms with Crippen molar-refractivity contribution in [1.29, 1.82) is 0 Å². The molecular formula is C29H34FN7O2S. The largest absolute Gasteiger partial charge is 0.368 e. The first-order chi connectivity index (χ1) is 19.3. The van der Waals surface area contributed by atoms with Crippen molar-refractivity contribution in [2.45, 2.75) is 25.4 Å². The van der Waals surface area contributed by atoms with E-state index in [1.54, 1.807) is 17.0 Å². The van der Waals surface area contributed by atoms with Gasteiger partial charge in [0.15, 0.2) is 5.13 Å². The van der Waals surface area contributed by atoms with Gasteiger partial charge in [0.05, 0.1) is 5.69 Å². The highest BCUT2D eigenvalue weighted by Gasteiger charge is 2.32. The van der Waals surface area contributed by atoms with Crippen LogP contribution >= 0.6 is 11.3 Å². The lowest BCUT2D eigenvalue weighted by Gasteiger charge is -2.37. The van der Waals surface area contributed by atoms with Gasteiger partial charge in [-0.25, -0.2) is 14.2 Å². The van der Waals surface area contributed by atoms with Crippen molar-refractivity contribution >= 4 is 45.0 Å². The zero-order chi connectivity index (χ0) is 28.2. The molecule has 5 rings (SSSR count). The van der Waals surface area contributed by atoms with E-state index in [4.69, 9.17) is 0 Å². The number of piperazine rings is 1. The van der Waals surface area contributed by atoms with E-state index in [2.05, 4.69) is 25.5 Å². The quantitative estimate of drug-likeness (QED) is 0.294. The first kappa shape index (κ1) is 27.6. The molecule has 3 amide bonds. The summed E-state index contributed by atoms with van der Waals surface area (Å²) in [5.41, 5.74) is 3.71. The summed E-state index contributed by atoms with van der Waals surface area (Å²) in [5.74, 6) is -0.911. The minimum absolute atomic E-state index is 0.276. The molecule has 3 heterocycles. The predicted octanol–water partition coefficient (Wildman–Crippen LogP) is 4.47. The second-order valence-corrected chi connectivity index (χ2v) is 11.2. The van der Waals surface area contributed by atoms with Crippen molar-refractivity contribution in [2.24, 2.45) is 0 Å². The van der Waals surface area contributed by atoms with Gasteiger partial charge in [-0.15, -0.1) is 11.3 Å². The molecule has 0 spiro atoms. The lowest BCUT2D eigenvalue weighted by atomic mass is 9.92. The van der Waals surface area contributed by atoms with Crippen LogP contribution in [0.3, 0.4) is 0 Å². The molecular weight excluding hydrogens is 529 g/mol. The van der Waals surface area contributed by atoms with Gasteiger partial charge in [0, 0.05) is 66.8 Å². The first-order valence-electron chi connectivity index (χ1n) is 13.3. The number of benzene rings is 2. The number of rotatable bonds is 8. The fraction of sp³-hybridized carbons (Fsp3) is 0.345. The fourth-order valence-corrected chi connectivity index (χ4v) is 5.76. The van der Waals surface area contributed by atoms with Crippen LogP contribution in [0.1, 0.15) is 24.1 Å². The van der Waals surface area contributed by atoms with Gasteiger partial charge in [0.1, 0.15) is 11.9 Å². The Morgan fingerprint density at radius 1 is 1.10 bits per heavy atom. The molecule has 210 valence electrons. The number of urea groups is 1. The predicted molar refractivity (Wildman–Crippen MR) is 157 cm³/mol. The standard InChI is InChI=1S/C29H34FN7O2S/c1-19(24-16-31-25-7-5-4-6-23(24)25)26(27(38)34-28-32-21(18-40-28)17-35(2)3)33-29(39)37-14-12-36(13-15-37)22-10-8-20(30)9-11-22/h4-11,16,18-19,26,31H,12-15,17H2,1-3H3,(H,33,39)(H,32,34,38). The molecule has 0 radical (unpaired) electrons. The molecule has 1 saturated heterocycles. The number of amides is 3. The Hall–Kier alpha value is -3.96. The number of H-pyrrole nitrogens is 1. The van der Waals surface area contributed by atoms with E-state index < -0.39 is 6.04 Å². The molecule has 0 aliphatic carbocycles. The van der Waals surface area contributed by atoms with Crippen LogP contribution in [0.2, 0.25) is 0 Å². The Kier molecular flexibility index (Phi) is 8.32. The van der Waals surface area contributed by atoms with Gasteiger partial charge >= 0.3 is 6.03 Å². The van der Waals surface area contributed by atoms with Gasteiger partial charge in [-0.3, -0.25) is 4.79 Å². The summed E-state index contributed by atoms with van der Waals surface area (Å²) in [4.78, 5) is 40.8. The van der Waals surface area contributed by atoms with Crippen LogP contribution in [0.25, 0.3) is 10.9 Å². The van der Waals surface area contributed by atoms with Crippen molar-refractivity contribution in [3.63, 3.8) is 0 Å². The van der Waals surface area contributed by atoms with Gasteiger partial charge in [-0.2, -0.15) is 0 Å². The van der Waals surface area contributed by atoms with E-state index in [1.165, 1.54) is 23.5 Å². The van der Waals surface area contributed by atoms with Crippen molar-refractivity contribution < 1.29 is 14.0 Å². The van der Waals surface area contributed by atoms with Crippen LogP contribution in [-0.2, 0) is 11.3 Å². The fourth-order valence-electron chi connectivity index (χ4n) is 5.06. The van der Waals surface area contributed by atoms with Gasteiger partial charge in [-0.1, -0.05) is 25.1 Å². The minimum Gasteiger partial charge on any atom is -0.368 e. The van der Waals surface area contributed by atoms with E-state index >= 15 is 0 Å². The molecule has 3 N–H and O–H groups in total. The maximum atomic E-state index is 13.7. The van der Waals surface area contributed by atoms with E-state index in [-0.39, 0.29) is 23.7 Å². The Bertz CT molecular complexity index is 1460. The summed E-state index contributed by atoms with van der Waals surface area (Å²) in [6.07, 6.45) is 1.90. The van der Waals surface area contributed by atoms with Crippen molar-refractivity contribution in [1.82, 2.24) is 25.1 Å². The number of halogens is 1. The topological polar surface area (TPSA) is 96.6 Å². The van der Waals surface area contributed by atoms with Crippen LogP contribution in [0.4, 0.5) is 20.0 Å². The smallest absolute Gasteiger partial charge is 0.318 e. The highest BCUT2D eigenvalue weighted by atomic mass is 32.1. The third-order valence-electron chi connectivity index (χ3n) is 7.19. The number of aromatic nitrogens is 2. The van der Waals surface area contributed by atoms with Gasteiger partial charge in [0.25, 0.3) is 0 Å². The first-order valence-corrected chi connectivity index (χ1v) is 14.2. The third kappa shape index (κ3) is 6.26. The highest BCUT2D eigenvalue weighted by molar-refractivity contribution is 7.13. The normalized spacial score (nSPS) is 15.3. The number of para-hydroxylation sites is 1. The summed E-state index contributed by atoms with van der Waals surface area (Å²) in [6.45, 7) is 4.82. The average Bonchev–Trinajstić information content (AvgIpc) is 3.58. The number of carbonyl (C=O) groups is 2. The van der Waals surface area contributed by atoms with Crippen LogP contribution in [-0.4, -0.2) is 78.0 Å². The van der Waals surface area contributed by atoms with Crippen molar-refractivity contribution in [2.75, 3.05) is 50.5 Å². The number of nitrogens with one attached hydrogen (secondary N) is 3. The highest BCUT2D eigenvalue weighted by Crippen LogP contribution is 2.29. The zero-order valence-corrected chi connectivity index (χ0v) is 23.7. The molecule has 2 atom stereocenters. The molecule has 1 aliphatic rings. The SMILES string of the molecule is CC(c1c[nH]c2ccccc12)C(NC(=O)N1CCN(c2ccc(F)cc2)CC1)C(=O)Nc1nc(CN(C)C)cs1. The molecule has 1 fully saturated rings. The van der Waals surface area contributed by atoms with E-state index in [0.29, 0.717) is 37.9 Å². The summed E-state index contributed by atoms with van der Waals surface area (Å²) in [5, 5.41) is 9.39. The summed E-state index contributed by atoms with van der Waals surface area (Å²) < 4.78 is 13.3. The summed E-state index contributed by atoms with van der Waals surface area (Å²) >= 11 is 1.37. The molecule has 0 bridgehead atoms. The molecule has 40 heavy (non-hydrogen) atoms. The van der Waals surface area contributed by atoms with Crippen LogP contribution in [0.15, 0.2) is 60.1 Å². The van der Waals surface area contributed by atoms with Crippen LogP contribution in [0.5, 0.6) is 0 Å². The lowest BCUT2D eigenvalue weighted by molar-refractivity contribution is -0.118. The number of thiazole rings is 1. The number of carbonyl (C=O) groups excluding carboxylic acids is 2. The third-order valence-corrected chi connectivity index (χ3v) is 8.00. The maximum Gasteiger partial charge on any atom is 0.318 e. The molecule has 11 heteroatoms. The molecule has 1 aliphatic heterocycles. The number of hydrogen-bond donors (Lipinski definition) is 3. The van der Waals surface area contributed by atoms with Crippen LogP contribution < -0.4 is 15.5 Å². The number of fused-ring (bicyclic) bond motifs is 1. The Morgan fingerprint density at radius 2 is 1.82 bits per heavy atom. The monoisotopic (exact) mass is 563 g/mol. The van der Waals surface area contributed by atoms with Crippen molar-refractivity contribution in [3.8, 4) is 0 Å². The van der Waals surface area contributed by atoms with E-state index in [1.807, 2.05) is 61.8 Å². The number of hydrogen-bond acceptors (Lipinski definition) is 6. The second-order valence-electron chi connectivity index (χ2n) is 10.3. The number of anilines is 2. The molecule has 4 aromatic rings. The molecule has 2 unspecified atom stereocenters. The Labute approximate surface area is 237 Å². The Balaban J connectivity index is 1.31. The molecule has 2 aromatic carbocycles. The van der Waals surface area contributed by atoms with Crippen molar-refractivity contribution in [3.05, 3.63) is 77.2 Å². The summed E-state index contributed by atoms with van der Waals surface area (Å²) in [7, 11) is 3.93. The van der Waals surface area contributed by atoms with Gasteiger partial charge < -0.3 is 30.3 Å². The molecule has 9 nitrogen and oxygen atoms in total. The van der Waals surface area contributed by atoms with Gasteiger partial charge in [-0.05, 0) is 50.0 Å². The lowest BCUT2D eigenvalue weighted by Crippen LogP contribution is -2.56. The van der Waals surface area contributed by atoms with Crippen LogP contribution in [0, 0.1) is 5.82 Å². The summed E-state index contributed by atoms with van der Waals surface area (Å²) in [6, 6.07) is 13.2.